The van der Waals surface area contributed by atoms with Crippen LogP contribution in [0, 0.1) is 6.92 Å². The summed E-state index contributed by atoms with van der Waals surface area (Å²) in [5.74, 6) is 0.351. The Morgan fingerprint density at radius 1 is 1.04 bits per heavy atom. The lowest BCUT2D eigenvalue weighted by Gasteiger charge is -2.02. The van der Waals surface area contributed by atoms with Crippen molar-refractivity contribution < 1.29 is 12.9 Å². The molecule has 1 aromatic heterocycles. The summed E-state index contributed by atoms with van der Waals surface area (Å²) in [5, 5.41) is 3.88. The molecule has 5 nitrogen and oxygen atoms in total. The first-order valence-corrected chi connectivity index (χ1v) is 9.48. The van der Waals surface area contributed by atoms with Crippen molar-refractivity contribution >= 4 is 9.84 Å². The number of hydrogen-bond acceptors (Lipinski definition) is 5. The Bertz CT molecular complexity index is 918. The molecule has 1 heterocycles. The van der Waals surface area contributed by atoms with E-state index in [1.165, 1.54) is 0 Å². The van der Waals surface area contributed by atoms with Gasteiger partial charge in [-0.3, -0.25) is 0 Å². The number of nitrogens with zero attached hydrogens (tertiary/aromatic N) is 2. The molecule has 0 aliphatic carbocycles. The minimum absolute atomic E-state index is 0.0547. The predicted octanol–water partition coefficient (Wildman–Crippen LogP) is 3.20. The fourth-order valence-corrected chi connectivity index (χ4v) is 3.58. The van der Waals surface area contributed by atoms with Crippen LogP contribution in [0.1, 0.15) is 17.0 Å². The molecule has 0 aliphatic heterocycles. The van der Waals surface area contributed by atoms with Crippen molar-refractivity contribution in [3.05, 3.63) is 71.6 Å². The lowest BCUT2D eigenvalue weighted by molar-refractivity contribution is 0.389. The average Bonchev–Trinajstić information content (AvgIpc) is 3.02. The summed E-state index contributed by atoms with van der Waals surface area (Å²) < 4.78 is 29.6. The number of sulfone groups is 1. The fourth-order valence-electron chi connectivity index (χ4n) is 2.39. The standard InChI is InChI=1S/C18H18N2O3S/c1-14-6-5-9-16(12-14)18-19-17(23-20-18)13-24(21,22)11-10-15-7-3-2-4-8-15/h2-9,12H,10-11,13H2,1H3. The zero-order chi connectivity index (χ0) is 17.0. The van der Waals surface area contributed by atoms with Gasteiger partial charge in [-0.15, -0.1) is 0 Å². The third kappa shape index (κ3) is 4.29. The van der Waals surface area contributed by atoms with Crippen LogP contribution in [0.4, 0.5) is 0 Å². The van der Waals surface area contributed by atoms with Crippen LogP contribution in [0.3, 0.4) is 0 Å². The topological polar surface area (TPSA) is 73.1 Å². The van der Waals surface area contributed by atoms with Gasteiger partial charge < -0.3 is 4.52 Å². The number of aromatic nitrogens is 2. The lowest BCUT2D eigenvalue weighted by Crippen LogP contribution is -2.11. The zero-order valence-corrected chi connectivity index (χ0v) is 14.2. The molecular formula is C18H18N2O3S. The van der Waals surface area contributed by atoms with E-state index in [1.54, 1.807) is 0 Å². The number of benzene rings is 2. The lowest BCUT2D eigenvalue weighted by atomic mass is 10.1. The normalized spacial score (nSPS) is 11.5. The van der Waals surface area contributed by atoms with E-state index in [0.717, 1.165) is 16.7 Å². The Hall–Kier alpha value is -2.47. The van der Waals surface area contributed by atoms with Gasteiger partial charge in [0.2, 0.25) is 11.7 Å². The summed E-state index contributed by atoms with van der Waals surface area (Å²) in [4.78, 5) is 4.20. The Kier molecular flexibility index (Phi) is 4.76. The summed E-state index contributed by atoms with van der Waals surface area (Å²) in [7, 11) is -3.31. The SMILES string of the molecule is Cc1cccc(-c2noc(CS(=O)(=O)CCc3ccccc3)n2)c1. The van der Waals surface area contributed by atoms with Crippen molar-refractivity contribution in [2.75, 3.05) is 5.75 Å². The van der Waals surface area contributed by atoms with Crippen LogP contribution in [-0.2, 0) is 22.0 Å². The highest BCUT2D eigenvalue weighted by molar-refractivity contribution is 7.90. The van der Waals surface area contributed by atoms with Gasteiger partial charge in [0.25, 0.3) is 0 Å². The zero-order valence-electron chi connectivity index (χ0n) is 13.3. The van der Waals surface area contributed by atoms with Gasteiger partial charge in [-0.1, -0.05) is 59.3 Å². The van der Waals surface area contributed by atoms with Crippen molar-refractivity contribution in [1.29, 1.82) is 0 Å². The summed E-state index contributed by atoms with van der Waals surface area (Å²) in [6.07, 6.45) is 0.474. The molecule has 0 saturated carbocycles. The third-order valence-electron chi connectivity index (χ3n) is 3.63. The first kappa shape index (κ1) is 16.4. The monoisotopic (exact) mass is 342 g/mol. The van der Waals surface area contributed by atoms with E-state index >= 15 is 0 Å². The molecule has 0 atom stereocenters. The number of hydrogen-bond donors (Lipinski definition) is 0. The molecule has 3 aromatic rings. The average molecular weight is 342 g/mol. The Balaban J connectivity index is 1.67. The van der Waals surface area contributed by atoms with E-state index in [2.05, 4.69) is 10.1 Å². The third-order valence-corrected chi connectivity index (χ3v) is 5.15. The second kappa shape index (κ2) is 6.97. The van der Waals surface area contributed by atoms with Crippen LogP contribution in [0.15, 0.2) is 59.1 Å². The molecule has 0 saturated heterocycles. The summed E-state index contributed by atoms with van der Waals surface area (Å²) in [6.45, 7) is 1.97. The molecule has 0 aliphatic rings. The van der Waals surface area contributed by atoms with E-state index in [0.29, 0.717) is 12.2 Å². The quantitative estimate of drug-likeness (QED) is 0.688. The molecule has 0 bridgehead atoms. The van der Waals surface area contributed by atoms with E-state index in [4.69, 9.17) is 4.52 Å². The highest BCUT2D eigenvalue weighted by atomic mass is 32.2. The van der Waals surface area contributed by atoms with Gasteiger partial charge in [-0.2, -0.15) is 4.98 Å². The molecule has 0 unspecified atom stereocenters. The summed E-state index contributed by atoms with van der Waals surface area (Å²) >= 11 is 0. The van der Waals surface area contributed by atoms with E-state index in [-0.39, 0.29) is 17.4 Å². The van der Waals surface area contributed by atoms with Crippen molar-refractivity contribution in [2.24, 2.45) is 0 Å². The predicted molar refractivity (Wildman–Crippen MR) is 92.1 cm³/mol. The Morgan fingerprint density at radius 3 is 2.58 bits per heavy atom. The molecule has 0 amide bonds. The first-order valence-electron chi connectivity index (χ1n) is 7.66. The molecule has 0 N–H and O–H groups in total. The fraction of sp³-hybridized carbons (Fsp3) is 0.222. The van der Waals surface area contributed by atoms with Gasteiger partial charge in [0.1, 0.15) is 5.75 Å². The molecule has 2 aromatic carbocycles. The van der Waals surface area contributed by atoms with Crippen molar-refractivity contribution in [3.8, 4) is 11.4 Å². The maximum atomic E-state index is 12.2. The van der Waals surface area contributed by atoms with Gasteiger partial charge in [0.05, 0.1) is 5.75 Å². The highest BCUT2D eigenvalue weighted by Crippen LogP contribution is 2.18. The van der Waals surface area contributed by atoms with Crippen molar-refractivity contribution in [1.82, 2.24) is 10.1 Å². The van der Waals surface area contributed by atoms with E-state index in [1.807, 2.05) is 61.5 Å². The van der Waals surface area contributed by atoms with Crippen LogP contribution < -0.4 is 0 Å². The maximum Gasteiger partial charge on any atom is 0.242 e. The molecule has 0 radical (unpaired) electrons. The van der Waals surface area contributed by atoms with Gasteiger partial charge in [-0.25, -0.2) is 8.42 Å². The van der Waals surface area contributed by atoms with Crippen molar-refractivity contribution in [2.45, 2.75) is 19.1 Å². The van der Waals surface area contributed by atoms with Crippen LogP contribution in [0.2, 0.25) is 0 Å². The molecule has 0 spiro atoms. The number of aryl methyl sites for hydroxylation is 2. The Labute approximate surface area is 141 Å². The summed E-state index contributed by atoms with van der Waals surface area (Å²) in [6, 6.07) is 17.2. The second-order valence-corrected chi connectivity index (χ2v) is 7.89. The smallest absolute Gasteiger partial charge is 0.242 e. The molecular weight excluding hydrogens is 324 g/mol. The van der Waals surface area contributed by atoms with Gasteiger partial charge in [0, 0.05) is 5.56 Å². The van der Waals surface area contributed by atoms with E-state index in [9.17, 15) is 8.42 Å². The minimum Gasteiger partial charge on any atom is -0.338 e. The molecule has 3 rings (SSSR count). The molecule has 24 heavy (non-hydrogen) atoms. The molecule has 124 valence electrons. The number of rotatable bonds is 6. The van der Waals surface area contributed by atoms with Gasteiger partial charge >= 0.3 is 0 Å². The van der Waals surface area contributed by atoms with Crippen LogP contribution in [0.5, 0.6) is 0 Å². The van der Waals surface area contributed by atoms with Gasteiger partial charge in [0.15, 0.2) is 9.84 Å². The summed E-state index contributed by atoms with van der Waals surface area (Å²) in [5.41, 5.74) is 2.88. The first-order chi connectivity index (χ1) is 11.5. The van der Waals surface area contributed by atoms with Crippen LogP contribution >= 0.6 is 0 Å². The minimum atomic E-state index is -3.31. The van der Waals surface area contributed by atoms with Crippen molar-refractivity contribution in [3.63, 3.8) is 0 Å². The van der Waals surface area contributed by atoms with Crippen LogP contribution in [0.25, 0.3) is 11.4 Å². The molecule has 6 heteroatoms. The van der Waals surface area contributed by atoms with E-state index < -0.39 is 9.84 Å². The maximum absolute atomic E-state index is 12.2. The van der Waals surface area contributed by atoms with Crippen LogP contribution in [-0.4, -0.2) is 24.3 Å². The molecule has 0 fully saturated rings. The van der Waals surface area contributed by atoms with Gasteiger partial charge in [-0.05, 0) is 25.0 Å². The Morgan fingerprint density at radius 2 is 1.83 bits per heavy atom. The highest BCUT2D eigenvalue weighted by Gasteiger charge is 2.18. The second-order valence-electron chi connectivity index (χ2n) is 5.71. The largest absolute Gasteiger partial charge is 0.338 e.